The molecule has 0 saturated heterocycles. The zero-order valence-electron chi connectivity index (χ0n) is 17.9. The van der Waals surface area contributed by atoms with Crippen LogP contribution in [0, 0.1) is 23.7 Å². The van der Waals surface area contributed by atoms with Crippen molar-refractivity contribution in [2.75, 3.05) is 12.9 Å². The summed E-state index contributed by atoms with van der Waals surface area (Å²) in [6.07, 6.45) is 3.22. The summed E-state index contributed by atoms with van der Waals surface area (Å²) in [6.45, 7) is 1.37. The number of carbonyl (C=O) groups excluding carboxylic acids is 1. The lowest BCUT2D eigenvalue weighted by atomic mass is 10.0. The lowest BCUT2D eigenvalue weighted by Crippen LogP contribution is -2.49. The number of amides is 1. The molecule has 1 unspecified atom stereocenters. The van der Waals surface area contributed by atoms with Gasteiger partial charge in [-0.3, -0.25) is 14.8 Å². The Hall–Kier alpha value is -2.93. The number of nitrogens with one attached hydrogen (secondary N) is 1. The number of sulfone groups is 1. The third-order valence-corrected chi connectivity index (χ3v) is 8.03. The fourth-order valence-corrected chi connectivity index (χ4v) is 4.18. The normalized spacial score (nSPS) is 19.4. The van der Waals surface area contributed by atoms with Gasteiger partial charge in [0.1, 0.15) is 0 Å². The van der Waals surface area contributed by atoms with Crippen molar-refractivity contribution in [3.63, 3.8) is 0 Å². The van der Waals surface area contributed by atoms with Crippen molar-refractivity contribution in [3.8, 4) is 23.0 Å². The average molecular weight is 459 g/mol. The van der Waals surface area contributed by atoms with Crippen molar-refractivity contribution in [1.29, 1.82) is 0 Å². The number of hydrogen-bond donors (Lipinski definition) is 3. The SMILES string of the molecule is CC(CCn1ccc(-c2ccc(C#C[C@@H]3C[C@@H]3CO)cc2)cc1=O)(C(=O)NO)S(C)(=O)=O. The van der Waals surface area contributed by atoms with Crippen LogP contribution in [0.2, 0.25) is 0 Å². The molecule has 32 heavy (non-hydrogen) atoms. The van der Waals surface area contributed by atoms with Crippen LogP contribution in [0.25, 0.3) is 11.1 Å². The second-order valence-corrected chi connectivity index (χ2v) is 10.7. The molecule has 1 aliphatic rings. The van der Waals surface area contributed by atoms with Gasteiger partial charge in [-0.1, -0.05) is 24.0 Å². The Morgan fingerprint density at radius 1 is 1.25 bits per heavy atom. The molecule has 9 heteroatoms. The number of hydrogen-bond acceptors (Lipinski definition) is 6. The topological polar surface area (TPSA) is 126 Å². The largest absolute Gasteiger partial charge is 0.396 e. The molecule has 1 aromatic carbocycles. The van der Waals surface area contributed by atoms with Crippen LogP contribution >= 0.6 is 0 Å². The Kier molecular flexibility index (Phi) is 6.88. The van der Waals surface area contributed by atoms with Crippen molar-refractivity contribution in [2.45, 2.75) is 31.1 Å². The summed E-state index contributed by atoms with van der Waals surface area (Å²) in [5.74, 6) is 5.77. The Morgan fingerprint density at radius 3 is 2.47 bits per heavy atom. The number of carbonyl (C=O) groups is 1. The molecule has 170 valence electrons. The van der Waals surface area contributed by atoms with E-state index in [-0.39, 0.29) is 31.0 Å². The van der Waals surface area contributed by atoms with E-state index in [1.165, 1.54) is 23.0 Å². The second-order valence-electron chi connectivity index (χ2n) is 8.27. The van der Waals surface area contributed by atoms with Gasteiger partial charge in [-0.2, -0.15) is 0 Å². The van der Waals surface area contributed by atoms with Gasteiger partial charge in [-0.15, -0.1) is 0 Å². The summed E-state index contributed by atoms with van der Waals surface area (Å²) in [6, 6.07) is 10.7. The number of nitrogens with zero attached hydrogens (tertiary/aromatic N) is 1. The number of aliphatic hydroxyl groups is 1. The molecule has 1 fully saturated rings. The van der Waals surface area contributed by atoms with Crippen molar-refractivity contribution >= 4 is 15.7 Å². The zero-order chi connectivity index (χ0) is 23.5. The Labute approximate surface area is 186 Å². The summed E-state index contributed by atoms with van der Waals surface area (Å²) in [4.78, 5) is 24.5. The van der Waals surface area contributed by atoms with E-state index in [1.807, 2.05) is 24.3 Å². The van der Waals surface area contributed by atoms with Gasteiger partial charge in [0.2, 0.25) is 0 Å². The Balaban J connectivity index is 1.72. The first kappa shape index (κ1) is 23.7. The van der Waals surface area contributed by atoms with E-state index in [0.29, 0.717) is 11.5 Å². The summed E-state index contributed by atoms with van der Waals surface area (Å²) in [7, 11) is -3.84. The van der Waals surface area contributed by atoms with Gasteiger partial charge in [0.25, 0.3) is 11.5 Å². The van der Waals surface area contributed by atoms with Gasteiger partial charge in [0, 0.05) is 43.2 Å². The number of rotatable bonds is 7. The highest BCUT2D eigenvalue weighted by Crippen LogP contribution is 2.37. The van der Waals surface area contributed by atoms with Crippen LogP contribution in [0.4, 0.5) is 0 Å². The van der Waals surface area contributed by atoms with Crippen LogP contribution in [0.5, 0.6) is 0 Å². The van der Waals surface area contributed by atoms with E-state index >= 15 is 0 Å². The third-order valence-electron chi connectivity index (χ3n) is 6.00. The lowest BCUT2D eigenvalue weighted by Gasteiger charge is -2.25. The first-order chi connectivity index (χ1) is 15.1. The van der Waals surface area contributed by atoms with E-state index in [4.69, 9.17) is 10.3 Å². The van der Waals surface area contributed by atoms with Gasteiger partial charge in [-0.25, -0.2) is 13.9 Å². The average Bonchev–Trinajstić information content (AvgIpc) is 3.54. The quantitative estimate of drug-likeness (QED) is 0.325. The molecule has 0 radical (unpaired) electrons. The maximum atomic E-state index is 12.6. The lowest BCUT2D eigenvalue weighted by molar-refractivity contribution is -0.131. The minimum atomic E-state index is -3.84. The molecule has 0 bridgehead atoms. The molecule has 3 rings (SSSR count). The van der Waals surface area contributed by atoms with E-state index in [9.17, 15) is 18.0 Å². The molecule has 0 spiro atoms. The highest BCUT2D eigenvalue weighted by molar-refractivity contribution is 7.92. The Bertz CT molecular complexity index is 1220. The first-order valence-corrected chi connectivity index (χ1v) is 12.1. The molecule has 1 amide bonds. The van der Waals surface area contributed by atoms with Crippen LogP contribution in [0.1, 0.15) is 25.3 Å². The monoisotopic (exact) mass is 458 g/mol. The molecule has 1 aromatic heterocycles. The molecule has 2 aromatic rings. The highest BCUT2D eigenvalue weighted by atomic mass is 32.2. The molecule has 0 aliphatic heterocycles. The molecule has 1 heterocycles. The predicted molar refractivity (Wildman–Crippen MR) is 119 cm³/mol. The van der Waals surface area contributed by atoms with Gasteiger partial charge < -0.3 is 9.67 Å². The van der Waals surface area contributed by atoms with Gasteiger partial charge in [0.15, 0.2) is 14.6 Å². The van der Waals surface area contributed by atoms with Crippen LogP contribution in [0.3, 0.4) is 0 Å². The number of benzene rings is 1. The molecule has 1 aliphatic carbocycles. The van der Waals surface area contributed by atoms with Crippen LogP contribution < -0.4 is 11.0 Å². The third kappa shape index (κ3) is 5.10. The van der Waals surface area contributed by atoms with E-state index in [1.54, 1.807) is 12.3 Å². The van der Waals surface area contributed by atoms with Crippen LogP contribution in [-0.2, 0) is 21.2 Å². The summed E-state index contributed by atoms with van der Waals surface area (Å²) in [5, 5.41) is 18.0. The van der Waals surface area contributed by atoms with Crippen molar-refractivity contribution < 1.29 is 23.5 Å². The fraction of sp³-hybridized carbons (Fsp3) is 0.391. The van der Waals surface area contributed by atoms with Crippen molar-refractivity contribution in [2.24, 2.45) is 11.8 Å². The summed E-state index contributed by atoms with van der Waals surface area (Å²) in [5.41, 5.74) is 3.45. The Morgan fingerprint density at radius 2 is 1.94 bits per heavy atom. The van der Waals surface area contributed by atoms with Gasteiger partial charge >= 0.3 is 0 Å². The maximum Gasteiger partial charge on any atom is 0.264 e. The number of aliphatic hydroxyl groups excluding tert-OH is 1. The number of aryl methyl sites for hydroxylation is 1. The van der Waals surface area contributed by atoms with Gasteiger partial charge in [0.05, 0.1) is 0 Å². The predicted octanol–water partition coefficient (Wildman–Crippen LogP) is 1.19. The molecule has 3 atom stereocenters. The van der Waals surface area contributed by atoms with E-state index in [2.05, 4.69) is 11.8 Å². The minimum absolute atomic E-state index is 0.0133. The van der Waals surface area contributed by atoms with E-state index < -0.39 is 20.5 Å². The minimum Gasteiger partial charge on any atom is -0.396 e. The first-order valence-electron chi connectivity index (χ1n) is 10.2. The number of hydroxylamine groups is 1. The second kappa shape index (κ2) is 9.28. The van der Waals surface area contributed by atoms with Gasteiger partial charge in [-0.05, 0) is 55.0 Å². The smallest absolute Gasteiger partial charge is 0.264 e. The summed E-state index contributed by atoms with van der Waals surface area (Å²) < 4.78 is 23.6. The molecular weight excluding hydrogens is 432 g/mol. The van der Waals surface area contributed by atoms with Crippen LogP contribution in [0.15, 0.2) is 47.4 Å². The van der Waals surface area contributed by atoms with Crippen molar-refractivity contribution in [1.82, 2.24) is 10.0 Å². The standard InChI is InChI=1S/C23H26N2O6S/c1-23(22(28)24-29,32(2,30)31)10-12-25-11-9-19(14-21(25)27)17-6-3-16(4-7-17)5-8-18-13-20(18)15-26/h3-4,6-7,9,11,14,18,20,26,29H,10,12-13,15H2,1-2H3,(H,24,28)/t18-,20-,23?/m1/s1. The zero-order valence-corrected chi connectivity index (χ0v) is 18.7. The molecule has 8 nitrogen and oxygen atoms in total. The maximum absolute atomic E-state index is 12.6. The van der Waals surface area contributed by atoms with E-state index in [0.717, 1.165) is 23.8 Å². The molecule has 1 saturated carbocycles. The highest BCUT2D eigenvalue weighted by Gasteiger charge is 2.43. The number of pyridine rings is 1. The van der Waals surface area contributed by atoms with Crippen LogP contribution in [-0.4, -0.2) is 46.8 Å². The van der Waals surface area contributed by atoms with Crippen molar-refractivity contribution in [3.05, 3.63) is 58.5 Å². The summed E-state index contributed by atoms with van der Waals surface area (Å²) >= 11 is 0. The molecular formula is C23H26N2O6S. The number of aromatic nitrogens is 1. The fourth-order valence-electron chi connectivity index (χ4n) is 3.34. The molecule has 3 N–H and O–H groups in total.